The van der Waals surface area contributed by atoms with Crippen molar-refractivity contribution < 1.29 is 14.6 Å². The Labute approximate surface area is 89.7 Å². The number of nitrogens with zero attached hydrogens (tertiary/aromatic N) is 1. The Morgan fingerprint density at radius 1 is 1.53 bits per heavy atom. The predicted molar refractivity (Wildman–Crippen MR) is 58.1 cm³/mol. The maximum atomic E-state index is 11.6. The van der Waals surface area contributed by atoms with Gasteiger partial charge in [-0.3, -0.25) is 4.99 Å². The first-order valence-corrected chi connectivity index (χ1v) is 5.27. The van der Waals surface area contributed by atoms with E-state index in [4.69, 9.17) is 4.74 Å². The lowest BCUT2D eigenvalue weighted by Gasteiger charge is -2.14. The van der Waals surface area contributed by atoms with Gasteiger partial charge in [0.1, 0.15) is 11.3 Å². The third kappa shape index (κ3) is 3.08. The van der Waals surface area contributed by atoms with Crippen molar-refractivity contribution in [1.82, 2.24) is 0 Å². The van der Waals surface area contributed by atoms with Crippen molar-refractivity contribution in [2.45, 2.75) is 33.1 Å². The highest BCUT2D eigenvalue weighted by Gasteiger charge is 2.21. The van der Waals surface area contributed by atoms with E-state index in [-0.39, 0.29) is 11.3 Å². The van der Waals surface area contributed by atoms with Crippen molar-refractivity contribution in [3.8, 4) is 0 Å². The van der Waals surface area contributed by atoms with E-state index in [1.807, 2.05) is 0 Å². The number of carbonyl (C=O) groups excluding carboxylic acids is 1. The summed E-state index contributed by atoms with van der Waals surface area (Å²) in [5, 5.41) is 9.46. The predicted octanol–water partition coefficient (Wildman–Crippen LogP) is 2.01. The van der Waals surface area contributed by atoms with Gasteiger partial charge < -0.3 is 9.84 Å². The molecule has 0 aromatic carbocycles. The Morgan fingerprint density at radius 3 is 2.73 bits per heavy atom. The molecule has 0 saturated heterocycles. The lowest BCUT2D eigenvalue weighted by molar-refractivity contribution is -0.138. The van der Waals surface area contributed by atoms with E-state index in [1.54, 1.807) is 6.92 Å². The molecule has 0 saturated carbocycles. The number of esters is 1. The molecule has 4 nitrogen and oxygen atoms in total. The van der Waals surface area contributed by atoms with E-state index in [1.165, 1.54) is 6.92 Å². The van der Waals surface area contributed by atoms with Crippen LogP contribution in [0, 0.1) is 0 Å². The average molecular weight is 211 g/mol. The van der Waals surface area contributed by atoms with Crippen molar-refractivity contribution in [1.29, 1.82) is 0 Å². The molecule has 0 amide bonds. The zero-order valence-electron chi connectivity index (χ0n) is 9.25. The van der Waals surface area contributed by atoms with Gasteiger partial charge in [-0.2, -0.15) is 0 Å². The fraction of sp³-hybridized carbons (Fsp3) is 0.636. The first-order valence-electron chi connectivity index (χ1n) is 5.27. The largest absolute Gasteiger partial charge is 0.512 e. The maximum absolute atomic E-state index is 11.6. The van der Waals surface area contributed by atoms with Crippen LogP contribution in [0.5, 0.6) is 0 Å². The Kier molecular flexibility index (Phi) is 4.34. The second-order valence-electron chi connectivity index (χ2n) is 3.47. The van der Waals surface area contributed by atoms with Crippen LogP contribution in [0.3, 0.4) is 0 Å². The maximum Gasteiger partial charge on any atom is 0.343 e. The molecular formula is C11H17NO3. The highest BCUT2D eigenvalue weighted by atomic mass is 16.5. The molecule has 1 aliphatic heterocycles. The lowest BCUT2D eigenvalue weighted by atomic mass is 10.0. The molecule has 4 heteroatoms. The van der Waals surface area contributed by atoms with E-state index in [0.29, 0.717) is 12.3 Å². The minimum atomic E-state index is -0.474. The van der Waals surface area contributed by atoms with Crippen LogP contribution in [0.1, 0.15) is 33.1 Å². The Bertz CT molecular complexity index is 301. The molecular weight excluding hydrogens is 194 g/mol. The average Bonchev–Trinajstić information content (AvgIpc) is 2.19. The molecule has 0 atom stereocenters. The van der Waals surface area contributed by atoms with Crippen LogP contribution in [0.4, 0.5) is 0 Å². The molecule has 84 valence electrons. The molecule has 1 N–H and O–H groups in total. The first kappa shape index (κ1) is 11.8. The molecule has 0 spiro atoms. The normalized spacial score (nSPS) is 17.9. The van der Waals surface area contributed by atoms with E-state index in [2.05, 4.69) is 4.99 Å². The Balaban J connectivity index is 2.88. The van der Waals surface area contributed by atoms with Gasteiger partial charge in [-0.05, 0) is 33.1 Å². The van der Waals surface area contributed by atoms with Crippen molar-refractivity contribution >= 4 is 11.7 Å². The van der Waals surface area contributed by atoms with Crippen molar-refractivity contribution in [3.63, 3.8) is 0 Å². The van der Waals surface area contributed by atoms with Gasteiger partial charge in [0.05, 0.1) is 12.3 Å². The van der Waals surface area contributed by atoms with Crippen LogP contribution >= 0.6 is 0 Å². The van der Waals surface area contributed by atoms with E-state index in [0.717, 1.165) is 25.8 Å². The standard InChI is InChI=1S/C11H17NO3/c1-3-15-11(14)10(8(2)13)9-6-4-5-7-12-9/h13H,3-7H2,1-2H3/b10-8+. The number of carbonyl (C=O) groups is 1. The molecule has 0 aromatic heterocycles. The fourth-order valence-corrected chi connectivity index (χ4v) is 1.58. The number of aliphatic hydroxyl groups is 1. The first-order chi connectivity index (χ1) is 7.16. The van der Waals surface area contributed by atoms with Gasteiger partial charge in [-0.25, -0.2) is 4.79 Å². The molecule has 1 rings (SSSR count). The summed E-state index contributed by atoms with van der Waals surface area (Å²) in [6, 6.07) is 0. The number of ether oxygens (including phenoxy) is 1. The smallest absolute Gasteiger partial charge is 0.343 e. The fourth-order valence-electron chi connectivity index (χ4n) is 1.58. The van der Waals surface area contributed by atoms with E-state index < -0.39 is 5.97 Å². The molecule has 0 aliphatic carbocycles. The van der Waals surface area contributed by atoms with Crippen molar-refractivity contribution in [2.24, 2.45) is 4.99 Å². The third-order valence-electron chi connectivity index (χ3n) is 2.25. The van der Waals surface area contributed by atoms with E-state index in [9.17, 15) is 9.90 Å². The molecule has 0 unspecified atom stereocenters. The van der Waals surface area contributed by atoms with Gasteiger partial charge in [-0.1, -0.05) is 0 Å². The molecule has 1 aliphatic rings. The Hall–Kier alpha value is -1.32. The molecule has 0 aromatic rings. The number of aliphatic imine (C=N–C) groups is 1. The quantitative estimate of drug-likeness (QED) is 0.441. The molecule has 0 bridgehead atoms. The second kappa shape index (κ2) is 5.53. The van der Waals surface area contributed by atoms with Crippen molar-refractivity contribution in [3.05, 3.63) is 11.3 Å². The zero-order valence-corrected chi connectivity index (χ0v) is 9.25. The van der Waals surface area contributed by atoms with Crippen LogP contribution < -0.4 is 0 Å². The second-order valence-corrected chi connectivity index (χ2v) is 3.47. The van der Waals surface area contributed by atoms with Gasteiger partial charge in [0, 0.05) is 6.54 Å². The Morgan fingerprint density at radius 2 is 2.27 bits per heavy atom. The van der Waals surface area contributed by atoms with Crippen LogP contribution in [-0.2, 0) is 9.53 Å². The summed E-state index contributed by atoms with van der Waals surface area (Å²) in [6.45, 7) is 4.27. The third-order valence-corrected chi connectivity index (χ3v) is 2.25. The van der Waals surface area contributed by atoms with Crippen LogP contribution in [-0.4, -0.2) is 29.9 Å². The van der Waals surface area contributed by atoms with Crippen LogP contribution in [0.2, 0.25) is 0 Å². The summed E-state index contributed by atoms with van der Waals surface area (Å²) in [5.74, 6) is -0.479. The number of hydrogen-bond donors (Lipinski definition) is 1. The lowest BCUT2D eigenvalue weighted by Crippen LogP contribution is -2.20. The van der Waals surface area contributed by atoms with Crippen LogP contribution in [0.25, 0.3) is 0 Å². The van der Waals surface area contributed by atoms with Gasteiger partial charge in [0.15, 0.2) is 0 Å². The topological polar surface area (TPSA) is 58.9 Å². The minimum absolute atomic E-state index is 0.00546. The van der Waals surface area contributed by atoms with Crippen LogP contribution in [0.15, 0.2) is 16.3 Å². The number of allylic oxidation sites excluding steroid dienone is 1. The van der Waals surface area contributed by atoms with Gasteiger partial charge in [-0.15, -0.1) is 0 Å². The van der Waals surface area contributed by atoms with Crippen molar-refractivity contribution in [2.75, 3.05) is 13.2 Å². The molecule has 0 fully saturated rings. The minimum Gasteiger partial charge on any atom is -0.512 e. The van der Waals surface area contributed by atoms with Gasteiger partial charge in [0.2, 0.25) is 0 Å². The van der Waals surface area contributed by atoms with Gasteiger partial charge in [0.25, 0.3) is 0 Å². The highest BCUT2D eigenvalue weighted by molar-refractivity contribution is 6.20. The molecule has 1 heterocycles. The summed E-state index contributed by atoms with van der Waals surface area (Å²) < 4.78 is 4.88. The zero-order chi connectivity index (χ0) is 11.3. The summed E-state index contributed by atoms with van der Waals surface area (Å²) in [7, 11) is 0. The number of hydrogen-bond acceptors (Lipinski definition) is 4. The SMILES string of the molecule is CCOC(=O)/C(C1=NCCCC1)=C(\C)O. The summed E-state index contributed by atoms with van der Waals surface area (Å²) in [6.07, 6.45) is 2.80. The summed E-state index contributed by atoms with van der Waals surface area (Å²) in [5.41, 5.74) is 0.927. The summed E-state index contributed by atoms with van der Waals surface area (Å²) in [4.78, 5) is 15.8. The number of rotatable bonds is 3. The monoisotopic (exact) mass is 211 g/mol. The van der Waals surface area contributed by atoms with Gasteiger partial charge >= 0.3 is 5.97 Å². The highest BCUT2D eigenvalue weighted by Crippen LogP contribution is 2.16. The number of aliphatic hydroxyl groups excluding tert-OH is 1. The summed E-state index contributed by atoms with van der Waals surface area (Å²) >= 11 is 0. The molecule has 15 heavy (non-hydrogen) atoms. The van der Waals surface area contributed by atoms with E-state index >= 15 is 0 Å². The molecule has 0 radical (unpaired) electrons.